The number of nitrogens with zero attached hydrogens (tertiary/aromatic N) is 2. The highest BCUT2D eigenvalue weighted by Crippen LogP contribution is 2.30. The second-order valence-electron chi connectivity index (χ2n) is 5.73. The van der Waals surface area contributed by atoms with Crippen LogP contribution in [0.4, 0.5) is 13.2 Å². The first-order valence-electron chi connectivity index (χ1n) is 8.71. The SMILES string of the molecule is CCN(CC)C(CNC(=NC)NCCOC)c1ccc(C(F)(F)F)cc1. The molecule has 1 unspecified atom stereocenters. The van der Waals surface area contributed by atoms with Crippen molar-refractivity contribution in [1.29, 1.82) is 0 Å². The van der Waals surface area contributed by atoms with Gasteiger partial charge >= 0.3 is 6.18 Å². The molecular weight excluding hydrogens is 345 g/mol. The number of hydrogen-bond donors (Lipinski definition) is 2. The Morgan fingerprint density at radius 3 is 2.23 bits per heavy atom. The zero-order valence-electron chi connectivity index (χ0n) is 15.9. The summed E-state index contributed by atoms with van der Waals surface area (Å²) in [5, 5.41) is 6.37. The molecule has 1 aromatic rings. The van der Waals surface area contributed by atoms with Crippen molar-refractivity contribution in [3.63, 3.8) is 0 Å². The molecule has 2 N–H and O–H groups in total. The molecule has 0 aromatic heterocycles. The van der Waals surface area contributed by atoms with Gasteiger partial charge in [-0.2, -0.15) is 13.2 Å². The lowest BCUT2D eigenvalue weighted by molar-refractivity contribution is -0.137. The number of ether oxygens (including phenoxy) is 1. The lowest BCUT2D eigenvalue weighted by Gasteiger charge is -2.31. The van der Waals surface area contributed by atoms with E-state index in [9.17, 15) is 13.2 Å². The summed E-state index contributed by atoms with van der Waals surface area (Å²) >= 11 is 0. The van der Waals surface area contributed by atoms with Crippen molar-refractivity contribution in [3.8, 4) is 0 Å². The molecule has 0 saturated heterocycles. The van der Waals surface area contributed by atoms with E-state index in [1.807, 2.05) is 13.8 Å². The van der Waals surface area contributed by atoms with Gasteiger partial charge in [0.25, 0.3) is 0 Å². The summed E-state index contributed by atoms with van der Waals surface area (Å²) in [6, 6.07) is 5.31. The number of nitrogens with one attached hydrogen (secondary N) is 2. The standard InChI is InChI=1S/C18H29F3N4O/c1-5-25(6-2)16(13-24-17(22-3)23-11-12-26-4)14-7-9-15(10-8-14)18(19,20)21/h7-10,16H,5-6,11-13H2,1-4H3,(H2,22,23,24). The smallest absolute Gasteiger partial charge is 0.383 e. The van der Waals surface area contributed by atoms with Gasteiger partial charge in [-0.05, 0) is 30.8 Å². The van der Waals surface area contributed by atoms with Crippen molar-refractivity contribution in [1.82, 2.24) is 15.5 Å². The van der Waals surface area contributed by atoms with Gasteiger partial charge in [0.2, 0.25) is 0 Å². The third kappa shape index (κ3) is 6.84. The summed E-state index contributed by atoms with van der Waals surface area (Å²) in [6.07, 6.45) is -4.32. The molecule has 26 heavy (non-hydrogen) atoms. The molecule has 0 heterocycles. The number of halogens is 3. The Labute approximate surface area is 153 Å². The van der Waals surface area contributed by atoms with E-state index in [2.05, 4.69) is 20.5 Å². The average Bonchev–Trinajstić information content (AvgIpc) is 2.63. The maximum atomic E-state index is 12.8. The van der Waals surface area contributed by atoms with Gasteiger partial charge in [0, 0.05) is 27.2 Å². The summed E-state index contributed by atoms with van der Waals surface area (Å²) in [5.41, 5.74) is 0.200. The molecule has 0 radical (unpaired) electrons. The van der Waals surface area contributed by atoms with E-state index in [-0.39, 0.29) is 6.04 Å². The summed E-state index contributed by atoms with van der Waals surface area (Å²) in [4.78, 5) is 6.35. The lowest BCUT2D eigenvalue weighted by atomic mass is 10.0. The van der Waals surface area contributed by atoms with Crippen molar-refractivity contribution in [2.75, 3.05) is 46.9 Å². The van der Waals surface area contributed by atoms with Gasteiger partial charge in [0.15, 0.2) is 5.96 Å². The van der Waals surface area contributed by atoms with Crippen LogP contribution >= 0.6 is 0 Å². The molecule has 0 aliphatic carbocycles. The van der Waals surface area contributed by atoms with E-state index in [1.54, 1.807) is 26.3 Å². The normalized spacial score (nSPS) is 13.8. The fourth-order valence-corrected chi connectivity index (χ4v) is 2.70. The van der Waals surface area contributed by atoms with Gasteiger partial charge in [-0.3, -0.25) is 9.89 Å². The number of benzene rings is 1. The first kappa shape index (κ1) is 22.2. The molecule has 0 amide bonds. The second-order valence-corrected chi connectivity index (χ2v) is 5.73. The van der Waals surface area contributed by atoms with Crippen LogP contribution in [0.3, 0.4) is 0 Å². The van der Waals surface area contributed by atoms with Crippen LogP contribution in [-0.4, -0.2) is 57.8 Å². The van der Waals surface area contributed by atoms with E-state index in [1.165, 1.54) is 0 Å². The van der Waals surface area contributed by atoms with Crippen LogP contribution in [0.15, 0.2) is 29.3 Å². The van der Waals surface area contributed by atoms with Crippen LogP contribution in [-0.2, 0) is 10.9 Å². The fourth-order valence-electron chi connectivity index (χ4n) is 2.70. The predicted octanol–water partition coefficient (Wildman–Crippen LogP) is 2.90. The van der Waals surface area contributed by atoms with Gasteiger partial charge in [-0.15, -0.1) is 0 Å². The van der Waals surface area contributed by atoms with E-state index >= 15 is 0 Å². The number of rotatable bonds is 9. The third-order valence-electron chi connectivity index (χ3n) is 4.16. The molecule has 0 spiro atoms. The third-order valence-corrected chi connectivity index (χ3v) is 4.16. The topological polar surface area (TPSA) is 48.9 Å². The van der Waals surface area contributed by atoms with E-state index in [4.69, 9.17) is 4.74 Å². The van der Waals surface area contributed by atoms with Crippen LogP contribution < -0.4 is 10.6 Å². The summed E-state index contributed by atoms with van der Waals surface area (Å²) in [5.74, 6) is 0.631. The summed E-state index contributed by atoms with van der Waals surface area (Å²) in [6.45, 7) is 7.35. The van der Waals surface area contributed by atoms with E-state index in [0.29, 0.717) is 25.7 Å². The Hall–Kier alpha value is -1.80. The minimum atomic E-state index is -4.32. The number of alkyl halides is 3. The Kier molecular flexibility index (Phi) is 9.43. The second kappa shape index (κ2) is 11.0. The Bertz CT molecular complexity index is 542. The van der Waals surface area contributed by atoms with Crippen LogP contribution in [0, 0.1) is 0 Å². The molecule has 1 rings (SSSR count). The fraction of sp³-hybridized carbons (Fsp3) is 0.611. The quantitative estimate of drug-likeness (QED) is 0.396. The van der Waals surface area contributed by atoms with Crippen molar-refractivity contribution >= 4 is 5.96 Å². The minimum absolute atomic E-state index is 0.0618. The molecule has 8 heteroatoms. The molecule has 0 bridgehead atoms. The molecule has 0 fully saturated rings. The van der Waals surface area contributed by atoms with E-state index in [0.717, 1.165) is 30.8 Å². The molecule has 0 aliphatic heterocycles. The number of likely N-dealkylation sites (N-methyl/N-ethyl adjacent to an activating group) is 1. The Morgan fingerprint density at radius 2 is 1.77 bits per heavy atom. The maximum absolute atomic E-state index is 12.8. The van der Waals surface area contributed by atoms with Crippen LogP contribution in [0.5, 0.6) is 0 Å². The largest absolute Gasteiger partial charge is 0.416 e. The van der Waals surface area contributed by atoms with Gasteiger partial charge in [0.05, 0.1) is 18.2 Å². The van der Waals surface area contributed by atoms with Gasteiger partial charge in [0.1, 0.15) is 0 Å². The van der Waals surface area contributed by atoms with E-state index < -0.39 is 11.7 Å². The number of hydrogen-bond acceptors (Lipinski definition) is 3. The first-order valence-corrected chi connectivity index (χ1v) is 8.71. The molecule has 1 atom stereocenters. The lowest BCUT2D eigenvalue weighted by Crippen LogP contribution is -2.44. The summed E-state index contributed by atoms with van der Waals surface area (Å²) < 4.78 is 43.4. The predicted molar refractivity (Wildman–Crippen MR) is 98.3 cm³/mol. The molecule has 148 valence electrons. The number of aliphatic imine (C=N–C) groups is 1. The number of methoxy groups -OCH3 is 1. The molecule has 0 saturated carbocycles. The summed E-state index contributed by atoms with van der Waals surface area (Å²) in [7, 11) is 3.30. The Morgan fingerprint density at radius 1 is 1.15 bits per heavy atom. The molecule has 1 aromatic carbocycles. The molecule has 5 nitrogen and oxygen atoms in total. The van der Waals surface area contributed by atoms with Gasteiger partial charge in [-0.1, -0.05) is 26.0 Å². The van der Waals surface area contributed by atoms with Crippen molar-refractivity contribution in [2.24, 2.45) is 4.99 Å². The first-order chi connectivity index (χ1) is 12.4. The van der Waals surface area contributed by atoms with Crippen molar-refractivity contribution < 1.29 is 17.9 Å². The average molecular weight is 374 g/mol. The number of guanidine groups is 1. The van der Waals surface area contributed by atoms with Crippen LogP contribution in [0.1, 0.15) is 31.0 Å². The maximum Gasteiger partial charge on any atom is 0.416 e. The van der Waals surface area contributed by atoms with Crippen LogP contribution in [0.25, 0.3) is 0 Å². The van der Waals surface area contributed by atoms with Gasteiger partial charge in [-0.25, -0.2) is 0 Å². The van der Waals surface area contributed by atoms with Crippen LogP contribution in [0.2, 0.25) is 0 Å². The highest BCUT2D eigenvalue weighted by Gasteiger charge is 2.30. The minimum Gasteiger partial charge on any atom is -0.383 e. The van der Waals surface area contributed by atoms with Crippen molar-refractivity contribution in [3.05, 3.63) is 35.4 Å². The van der Waals surface area contributed by atoms with Crippen molar-refractivity contribution in [2.45, 2.75) is 26.1 Å². The van der Waals surface area contributed by atoms with Gasteiger partial charge < -0.3 is 15.4 Å². The molecular formula is C18H29F3N4O. The highest BCUT2D eigenvalue weighted by molar-refractivity contribution is 5.79. The zero-order valence-corrected chi connectivity index (χ0v) is 15.9. The Balaban J connectivity index is 2.88. The zero-order chi connectivity index (χ0) is 19.6. The molecule has 0 aliphatic rings. The highest BCUT2D eigenvalue weighted by atomic mass is 19.4. The monoisotopic (exact) mass is 374 g/mol.